The summed E-state index contributed by atoms with van der Waals surface area (Å²) in [5, 5.41) is 11.6. The number of carbonyl (C=O) groups excluding carboxylic acids is 1. The molecule has 0 aliphatic carbocycles. The van der Waals surface area contributed by atoms with Crippen molar-refractivity contribution < 1.29 is 9.53 Å². The Labute approximate surface area is 130 Å². The number of rotatable bonds is 4. The summed E-state index contributed by atoms with van der Waals surface area (Å²) in [5.41, 5.74) is 0.343. The number of nitrogens with zero attached hydrogens (tertiary/aromatic N) is 1. The van der Waals surface area contributed by atoms with Crippen molar-refractivity contribution in [3.05, 3.63) is 50.1 Å². The topological polar surface area (TPSA) is 50.1 Å². The maximum atomic E-state index is 12.4. The molecular formula is C14H9Cl2NO2S. The summed E-state index contributed by atoms with van der Waals surface area (Å²) < 4.78 is 5.03. The Morgan fingerprint density at radius 1 is 1.40 bits per heavy atom. The number of ketones is 1. The molecule has 0 N–H and O–H groups in total. The van der Waals surface area contributed by atoms with Crippen LogP contribution in [0, 0.1) is 11.3 Å². The van der Waals surface area contributed by atoms with E-state index >= 15 is 0 Å². The monoisotopic (exact) mass is 325 g/mol. The molecule has 20 heavy (non-hydrogen) atoms. The fourth-order valence-corrected chi connectivity index (χ4v) is 3.18. The molecule has 0 saturated carbocycles. The standard InChI is InChI=1S/C14H9Cl2NO2S/c1-19-8-5-12(20-7-8)14(18)9(6-17)13-10(15)3-2-4-11(13)16/h2-5,7,9H,1H3. The van der Waals surface area contributed by atoms with Crippen LogP contribution < -0.4 is 4.74 Å². The Morgan fingerprint density at radius 2 is 2.05 bits per heavy atom. The normalized spacial score (nSPS) is 11.7. The molecule has 1 atom stereocenters. The molecule has 6 heteroatoms. The van der Waals surface area contributed by atoms with Gasteiger partial charge in [-0.05, 0) is 12.1 Å². The fraction of sp³-hybridized carbons (Fsp3) is 0.143. The third-order valence-electron chi connectivity index (χ3n) is 2.73. The van der Waals surface area contributed by atoms with E-state index in [9.17, 15) is 10.1 Å². The smallest absolute Gasteiger partial charge is 0.194 e. The van der Waals surface area contributed by atoms with Crippen molar-refractivity contribution in [3.8, 4) is 11.8 Å². The molecule has 102 valence electrons. The molecular weight excluding hydrogens is 317 g/mol. The molecule has 0 aliphatic heterocycles. The molecule has 0 bridgehead atoms. The van der Waals surface area contributed by atoms with E-state index in [0.717, 1.165) is 0 Å². The Bertz CT molecular complexity index is 670. The van der Waals surface area contributed by atoms with Crippen molar-refractivity contribution in [2.75, 3.05) is 7.11 Å². The van der Waals surface area contributed by atoms with Crippen molar-refractivity contribution in [2.24, 2.45) is 0 Å². The summed E-state index contributed by atoms with van der Waals surface area (Å²) in [5.74, 6) is -0.782. The minimum absolute atomic E-state index is 0.306. The first-order chi connectivity index (χ1) is 9.58. The first kappa shape index (κ1) is 14.9. The van der Waals surface area contributed by atoms with E-state index in [0.29, 0.717) is 26.2 Å². The van der Waals surface area contributed by atoms with E-state index in [1.165, 1.54) is 18.4 Å². The van der Waals surface area contributed by atoms with E-state index in [-0.39, 0.29) is 5.78 Å². The van der Waals surface area contributed by atoms with Crippen LogP contribution in [0.2, 0.25) is 10.0 Å². The molecule has 1 aromatic heterocycles. The summed E-state index contributed by atoms with van der Waals surface area (Å²) in [7, 11) is 1.52. The average Bonchev–Trinajstić information content (AvgIpc) is 2.91. The van der Waals surface area contributed by atoms with Crippen LogP contribution in [0.15, 0.2) is 29.6 Å². The first-order valence-corrected chi connectivity index (χ1v) is 7.22. The van der Waals surface area contributed by atoms with Crippen LogP contribution >= 0.6 is 34.5 Å². The molecule has 0 radical (unpaired) electrons. The van der Waals surface area contributed by atoms with E-state index in [1.54, 1.807) is 29.6 Å². The molecule has 3 nitrogen and oxygen atoms in total. The van der Waals surface area contributed by atoms with Gasteiger partial charge in [-0.3, -0.25) is 4.79 Å². The van der Waals surface area contributed by atoms with Crippen molar-refractivity contribution in [2.45, 2.75) is 5.92 Å². The lowest BCUT2D eigenvalue weighted by molar-refractivity contribution is 0.0982. The van der Waals surface area contributed by atoms with Gasteiger partial charge in [0.25, 0.3) is 0 Å². The number of methoxy groups -OCH3 is 1. The Balaban J connectivity index is 2.43. The van der Waals surface area contributed by atoms with Gasteiger partial charge in [0.05, 0.1) is 18.1 Å². The Kier molecular flexibility index (Phi) is 4.66. The molecule has 2 aromatic rings. The largest absolute Gasteiger partial charge is 0.496 e. The van der Waals surface area contributed by atoms with Crippen LogP contribution in [-0.4, -0.2) is 12.9 Å². The van der Waals surface area contributed by atoms with Crippen molar-refractivity contribution in [1.82, 2.24) is 0 Å². The van der Waals surface area contributed by atoms with E-state index in [1.807, 2.05) is 6.07 Å². The average molecular weight is 326 g/mol. The van der Waals surface area contributed by atoms with Gasteiger partial charge in [-0.15, -0.1) is 11.3 Å². The zero-order valence-electron chi connectivity index (χ0n) is 10.4. The highest BCUT2D eigenvalue weighted by atomic mass is 35.5. The fourth-order valence-electron chi connectivity index (χ4n) is 1.74. The molecule has 0 spiro atoms. The quantitative estimate of drug-likeness (QED) is 0.774. The second kappa shape index (κ2) is 6.27. The second-order valence-electron chi connectivity index (χ2n) is 3.91. The van der Waals surface area contributed by atoms with Crippen LogP contribution in [0.1, 0.15) is 21.2 Å². The van der Waals surface area contributed by atoms with Gasteiger partial charge in [-0.1, -0.05) is 29.3 Å². The third kappa shape index (κ3) is 2.80. The summed E-state index contributed by atoms with van der Waals surface area (Å²) in [6, 6.07) is 8.45. The number of hydrogen-bond donors (Lipinski definition) is 0. The first-order valence-electron chi connectivity index (χ1n) is 5.58. The molecule has 1 heterocycles. The number of Topliss-reactive ketones (excluding diaryl/α,β-unsaturated/α-hetero) is 1. The zero-order valence-corrected chi connectivity index (χ0v) is 12.7. The van der Waals surface area contributed by atoms with Gasteiger partial charge < -0.3 is 4.74 Å². The van der Waals surface area contributed by atoms with E-state index in [4.69, 9.17) is 27.9 Å². The van der Waals surface area contributed by atoms with Crippen LogP contribution in [0.3, 0.4) is 0 Å². The van der Waals surface area contributed by atoms with Gasteiger partial charge in [0.15, 0.2) is 5.78 Å². The summed E-state index contributed by atoms with van der Waals surface area (Å²) in [4.78, 5) is 12.9. The van der Waals surface area contributed by atoms with Crippen molar-refractivity contribution >= 4 is 40.3 Å². The van der Waals surface area contributed by atoms with Gasteiger partial charge >= 0.3 is 0 Å². The number of hydrogen-bond acceptors (Lipinski definition) is 4. The van der Waals surface area contributed by atoms with Crippen LogP contribution in [-0.2, 0) is 0 Å². The van der Waals surface area contributed by atoms with Crippen LogP contribution in [0.4, 0.5) is 0 Å². The highest BCUT2D eigenvalue weighted by molar-refractivity contribution is 7.12. The summed E-state index contributed by atoms with van der Waals surface area (Å²) in [6.07, 6.45) is 0. The zero-order chi connectivity index (χ0) is 14.7. The minimum Gasteiger partial charge on any atom is -0.496 e. The minimum atomic E-state index is -1.03. The maximum absolute atomic E-state index is 12.4. The molecule has 0 fully saturated rings. The molecule has 2 rings (SSSR count). The summed E-state index contributed by atoms with van der Waals surface area (Å²) in [6.45, 7) is 0. The van der Waals surface area contributed by atoms with Gasteiger partial charge in [-0.25, -0.2) is 0 Å². The molecule has 0 amide bonds. The van der Waals surface area contributed by atoms with Gasteiger partial charge in [0, 0.05) is 27.1 Å². The number of benzene rings is 1. The highest BCUT2D eigenvalue weighted by Gasteiger charge is 2.27. The van der Waals surface area contributed by atoms with Crippen molar-refractivity contribution in [3.63, 3.8) is 0 Å². The predicted molar refractivity (Wildman–Crippen MR) is 80.0 cm³/mol. The molecule has 0 aliphatic rings. The van der Waals surface area contributed by atoms with E-state index in [2.05, 4.69) is 0 Å². The Hall–Kier alpha value is -1.54. The number of nitriles is 1. The summed E-state index contributed by atoms with van der Waals surface area (Å²) >= 11 is 13.3. The van der Waals surface area contributed by atoms with Gasteiger partial charge in [0.2, 0.25) is 0 Å². The van der Waals surface area contributed by atoms with E-state index < -0.39 is 5.92 Å². The molecule has 1 unspecified atom stereocenters. The maximum Gasteiger partial charge on any atom is 0.194 e. The van der Waals surface area contributed by atoms with Crippen LogP contribution in [0.25, 0.3) is 0 Å². The lowest BCUT2D eigenvalue weighted by Crippen LogP contribution is -2.11. The third-order valence-corrected chi connectivity index (χ3v) is 4.32. The SMILES string of the molecule is COc1csc(C(=O)C(C#N)c2c(Cl)cccc2Cl)c1. The molecule has 0 saturated heterocycles. The second-order valence-corrected chi connectivity index (χ2v) is 5.64. The van der Waals surface area contributed by atoms with Crippen LogP contribution in [0.5, 0.6) is 5.75 Å². The van der Waals surface area contributed by atoms with Gasteiger partial charge in [0.1, 0.15) is 11.7 Å². The Morgan fingerprint density at radius 3 is 2.55 bits per heavy atom. The lowest BCUT2D eigenvalue weighted by atomic mass is 9.95. The van der Waals surface area contributed by atoms with Crippen molar-refractivity contribution in [1.29, 1.82) is 5.26 Å². The van der Waals surface area contributed by atoms with Gasteiger partial charge in [-0.2, -0.15) is 5.26 Å². The predicted octanol–water partition coefficient (Wildman–Crippen LogP) is 4.55. The number of carbonyl (C=O) groups is 1. The number of ether oxygens (including phenoxy) is 1. The number of halogens is 2. The highest BCUT2D eigenvalue weighted by Crippen LogP contribution is 2.35. The number of thiophene rings is 1. The molecule has 1 aromatic carbocycles. The lowest BCUT2D eigenvalue weighted by Gasteiger charge is -2.11.